The second-order valence-corrected chi connectivity index (χ2v) is 4.79. The molecule has 2 atom stereocenters. The van der Waals surface area contributed by atoms with Crippen molar-refractivity contribution in [2.24, 2.45) is 11.8 Å². The molecule has 15 heavy (non-hydrogen) atoms. The summed E-state index contributed by atoms with van der Waals surface area (Å²) in [5.41, 5.74) is 0. The van der Waals surface area contributed by atoms with Crippen molar-refractivity contribution in [3.8, 4) is 0 Å². The summed E-state index contributed by atoms with van der Waals surface area (Å²) in [5.74, 6) is -0.464. The minimum Gasteiger partial charge on any atom is -0.348 e. The lowest BCUT2D eigenvalue weighted by Crippen LogP contribution is -2.34. The first kappa shape index (κ1) is 12.4. The van der Waals surface area contributed by atoms with E-state index in [0.29, 0.717) is 6.61 Å². The van der Waals surface area contributed by atoms with Gasteiger partial charge in [-0.3, -0.25) is 10.1 Å². The van der Waals surface area contributed by atoms with Gasteiger partial charge in [0, 0.05) is 4.92 Å². The van der Waals surface area contributed by atoms with E-state index in [1.807, 2.05) is 27.7 Å². The van der Waals surface area contributed by atoms with Gasteiger partial charge in [-0.05, 0) is 19.8 Å². The van der Waals surface area contributed by atoms with Crippen LogP contribution in [0.1, 0.15) is 27.7 Å². The molecule has 0 aliphatic carbocycles. The monoisotopic (exact) mass is 217 g/mol. The van der Waals surface area contributed by atoms with Crippen molar-refractivity contribution in [2.75, 3.05) is 13.2 Å². The van der Waals surface area contributed by atoms with E-state index in [9.17, 15) is 10.1 Å². The van der Waals surface area contributed by atoms with E-state index in [1.165, 1.54) is 0 Å². The molecule has 0 unspecified atom stereocenters. The van der Waals surface area contributed by atoms with Crippen LogP contribution in [-0.4, -0.2) is 30.0 Å². The molecular weight excluding hydrogens is 198 g/mol. The first-order valence-electron chi connectivity index (χ1n) is 5.25. The van der Waals surface area contributed by atoms with Gasteiger partial charge in [-0.2, -0.15) is 0 Å². The molecule has 1 heterocycles. The number of hydrogen-bond donors (Lipinski definition) is 0. The average Bonchev–Trinajstić information content (AvgIpc) is 2.41. The molecule has 0 aromatic rings. The summed E-state index contributed by atoms with van der Waals surface area (Å²) in [6.45, 7) is 8.00. The quantitative estimate of drug-likeness (QED) is 0.531. The summed E-state index contributed by atoms with van der Waals surface area (Å²) in [6, 6.07) is 0. The van der Waals surface area contributed by atoms with E-state index in [-0.39, 0.29) is 29.4 Å². The molecule has 0 amide bonds. The Kier molecular flexibility index (Phi) is 3.67. The van der Waals surface area contributed by atoms with E-state index in [1.54, 1.807) is 0 Å². The van der Waals surface area contributed by atoms with Gasteiger partial charge in [-0.25, -0.2) is 0 Å². The number of rotatable bonds is 4. The maximum atomic E-state index is 10.5. The fourth-order valence-corrected chi connectivity index (χ4v) is 1.86. The lowest BCUT2D eigenvalue weighted by molar-refractivity contribution is -0.492. The Morgan fingerprint density at radius 1 is 1.53 bits per heavy atom. The highest BCUT2D eigenvalue weighted by Gasteiger charge is 2.40. The molecule has 1 aliphatic rings. The molecule has 0 spiro atoms. The van der Waals surface area contributed by atoms with E-state index in [0.717, 1.165) is 0 Å². The average molecular weight is 217 g/mol. The zero-order valence-corrected chi connectivity index (χ0v) is 9.73. The molecular formula is C10H19NO4. The third kappa shape index (κ3) is 3.43. The normalized spacial score (nSPS) is 26.9. The fraction of sp³-hybridized carbons (Fsp3) is 1.00. The molecule has 0 saturated carbocycles. The SMILES string of the molecule is CC(C)[C@H](C[N+](=O)[O-])[C@@H]1COC(C)(C)O1. The Labute approximate surface area is 89.9 Å². The second kappa shape index (κ2) is 4.45. The zero-order valence-electron chi connectivity index (χ0n) is 9.73. The third-order valence-corrected chi connectivity index (χ3v) is 2.72. The number of nitrogens with zero attached hydrogens (tertiary/aromatic N) is 1. The van der Waals surface area contributed by atoms with Gasteiger partial charge in [0.15, 0.2) is 5.79 Å². The number of nitro groups is 1. The van der Waals surface area contributed by atoms with Gasteiger partial charge < -0.3 is 9.47 Å². The summed E-state index contributed by atoms with van der Waals surface area (Å²) in [6.07, 6.45) is -0.162. The smallest absolute Gasteiger partial charge is 0.209 e. The van der Waals surface area contributed by atoms with Crippen LogP contribution in [0.25, 0.3) is 0 Å². The van der Waals surface area contributed by atoms with Gasteiger partial charge in [0.1, 0.15) is 0 Å². The van der Waals surface area contributed by atoms with Gasteiger partial charge in [0.05, 0.1) is 18.6 Å². The topological polar surface area (TPSA) is 61.6 Å². The lowest BCUT2D eigenvalue weighted by atomic mass is 9.90. The summed E-state index contributed by atoms with van der Waals surface area (Å²) in [7, 11) is 0. The standard InChI is InChI=1S/C10H19NO4/c1-7(2)8(5-11(12)13)9-6-14-10(3,4)15-9/h7-9H,5-6H2,1-4H3/t8-,9-/m0/s1. The molecule has 1 aliphatic heterocycles. The molecule has 0 aromatic heterocycles. The summed E-state index contributed by atoms with van der Waals surface area (Å²) < 4.78 is 11.1. The predicted molar refractivity (Wildman–Crippen MR) is 55.1 cm³/mol. The van der Waals surface area contributed by atoms with Crippen LogP contribution in [0.3, 0.4) is 0 Å². The molecule has 5 heteroatoms. The van der Waals surface area contributed by atoms with Crippen molar-refractivity contribution >= 4 is 0 Å². The Bertz CT molecular complexity index is 240. The third-order valence-electron chi connectivity index (χ3n) is 2.72. The first-order chi connectivity index (χ1) is 6.82. The second-order valence-electron chi connectivity index (χ2n) is 4.79. The summed E-state index contributed by atoms with van der Waals surface area (Å²) >= 11 is 0. The molecule has 88 valence electrons. The van der Waals surface area contributed by atoms with Gasteiger partial charge in [0.25, 0.3) is 0 Å². The van der Waals surface area contributed by atoms with E-state index in [4.69, 9.17) is 9.47 Å². The molecule has 1 saturated heterocycles. The molecule has 5 nitrogen and oxygen atoms in total. The highest BCUT2D eigenvalue weighted by Crippen LogP contribution is 2.30. The first-order valence-corrected chi connectivity index (χ1v) is 5.25. The lowest BCUT2D eigenvalue weighted by Gasteiger charge is -2.24. The van der Waals surface area contributed by atoms with Crippen molar-refractivity contribution in [3.63, 3.8) is 0 Å². The van der Waals surface area contributed by atoms with Gasteiger partial charge in [0.2, 0.25) is 6.54 Å². The predicted octanol–water partition coefficient (Wildman–Crippen LogP) is 1.69. The Morgan fingerprint density at radius 3 is 2.47 bits per heavy atom. The minimum atomic E-state index is -0.603. The van der Waals surface area contributed by atoms with Crippen molar-refractivity contribution in [1.29, 1.82) is 0 Å². The van der Waals surface area contributed by atoms with Crippen molar-refractivity contribution in [1.82, 2.24) is 0 Å². The van der Waals surface area contributed by atoms with Gasteiger partial charge >= 0.3 is 0 Å². The van der Waals surface area contributed by atoms with Crippen molar-refractivity contribution in [3.05, 3.63) is 10.1 Å². The molecule has 1 rings (SSSR count). The number of ether oxygens (including phenoxy) is 2. The fourth-order valence-electron chi connectivity index (χ4n) is 1.86. The largest absolute Gasteiger partial charge is 0.348 e. The maximum absolute atomic E-state index is 10.5. The molecule has 0 N–H and O–H groups in total. The zero-order chi connectivity index (χ0) is 11.6. The van der Waals surface area contributed by atoms with Crippen LogP contribution >= 0.6 is 0 Å². The van der Waals surface area contributed by atoms with Crippen molar-refractivity contribution < 1.29 is 14.4 Å². The van der Waals surface area contributed by atoms with E-state index in [2.05, 4.69) is 0 Å². The molecule has 0 bridgehead atoms. The van der Waals surface area contributed by atoms with E-state index < -0.39 is 5.79 Å². The van der Waals surface area contributed by atoms with Crippen LogP contribution in [0, 0.1) is 22.0 Å². The maximum Gasteiger partial charge on any atom is 0.209 e. The van der Waals surface area contributed by atoms with Crippen LogP contribution < -0.4 is 0 Å². The van der Waals surface area contributed by atoms with Gasteiger partial charge in [-0.1, -0.05) is 13.8 Å². The van der Waals surface area contributed by atoms with Gasteiger partial charge in [-0.15, -0.1) is 0 Å². The van der Waals surface area contributed by atoms with E-state index >= 15 is 0 Å². The molecule has 1 fully saturated rings. The van der Waals surface area contributed by atoms with Crippen LogP contribution in [0.5, 0.6) is 0 Å². The van der Waals surface area contributed by atoms with Crippen molar-refractivity contribution in [2.45, 2.75) is 39.6 Å². The highest BCUT2D eigenvalue weighted by atomic mass is 16.7. The Balaban J connectivity index is 2.62. The summed E-state index contributed by atoms with van der Waals surface area (Å²) in [5, 5.41) is 10.5. The van der Waals surface area contributed by atoms with Crippen LogP contribution in [0.2, 0.25) is 0 Å². The Hall–Kier alpha value is -0.680. The highest BCUT2D eigenvalue weighted by molar-refractivity contribution is 4.79. The minimum absolute atomic E-state index is 0.0538. The number of hydrogen-bond acceptors (Lipinski definition) is 4. The Morgan fingerprint density at radius 2 is 2.13 bits per heavy atom. The molecule has 0 radical (unpaired) electrons. The summed E-state index contributed by atoms with van der Waals surface area (Å²) in [4.78, 5) is 10.3. The molecule has 0 aromatic carbocycles. The van der Waals surface area contributed by atoms with Crippen LogP contribution in [0.15, 0.2) is 0 Å². The van der Waals surface area contributed by atoms with Crippen LogP contribution in [-0.2, 0) is 9.47 Å². The van der Waals surface area contributed by atoms with Crippen LogP contribution in [0.4, 0.5) is 0 Å².